The van der Waals surface area contributed by atoms with Crippen molar-refractivity contribution in [1.82, 2.24) is 14.3 Å². The fourth-order valence-electron chi connectivity index (χ4n) is 1.50. The van der Waals surface area contributed by atoms with E-state index in [4.69, 9.17) is 0 Å². The molecule has 0 spiro atoms. The third kappa shape index (κ3) is 2.15. The van der Waals surface area contributed by atoms with Crippen LogP contribution < -0.4 is 0 Å². The Hall–Kier alpha value is -1.84. The summed E-state index contributed by atoms with van der Waals surface area (Å²) in [4.78, 5) is 10.5. The van der Waals surface area contributed by atoms with Crippen molar-refractivity contribution in [3.63, 3.8) is 0 Å². The topological polar surface area (TPSA) is 39.8 Å². The molecular formula is C11H13N3O. The van der Waals surface area contributed by atoms with Gasteiger partial charge in [-0.3, -0.25) is 9.48 Å². The van der Waals surface area contributed by atoms with E-state index in [0.717, 1.165) is 24.9 Å². The predicted molar refractivity (Wildman–Crippen MR) is 56.8 cm³/mol. The molecule has 4 nitrogen and oxygen atoms in total. The molecule has 2 heterocycles. The van der Waals surface area contributed by atoms with Gasteiger partial charge in [0.25, 0.3) is 0 Å². The zero-order valence-corrected chi connectivity index (χ0v) is 8.63. The minimum Gasteiger partial charge on any atom is -0.349 e. The lowest BCUT2D eigenvalue weighted by Gasteiger charge is -1.98. The summed E-state index contributed by atoms with van der Waals surface area (Å²) in [5, 5.41) is 4.19. The predicted octanol–water partition coefficient (Wildman–Crippen LogP) is 1.57. The van der Waals surface area contributed by atoms with Crippen LogP contribution in [0.25, 0.3) is 0 Å². The molecule has 2 aromatic heterocycles. The normalized spacial score (nSPS) is 10.5. The largest absolute Gasteiger partial charge is 0.349 e. The summed E-state index contributed by atoms with van der Waals surface area (Å²) in [5.74, 6) is 0. The first kappa shape index (κ1) is 9.71. The molecule has 0 atom stereocenters. The van der Waals surface area contributed by atoms with Gasteiger partial charge in [0.15, 0.2) is 6.29 Å². The van der Waals surface area contributed by atoms with E-state index in [1.54, 1.807) is 6.07 Å². The number of carbonyl (C=O) groups is 1. The van der Waals surface area contributed by atoms with Crippen LogP contribution >= 0.6 is 0 Å². The van der Waals surface area contributed by atoms with Gasteiger partial charge in [-0.05, 0) is 13.0 Å². The minimum absolute atomic E-state index is 0.706. The average Bonchev–Trinajstić information content (AvgIpc) is 2.87. The van der Waals surface area contributed by atoms with Gasteiger partial charge in [-0.1, -0.05) is 0 Å². The zero-order valence-electron chi connectivity index (χ0n) is 8.63. The summed E-state index contributed by atoms with van der Waals surface area (Å²) < 4.78 is 3.86. The van der Waals surface area contributed by atoms with E-state index in [2.05, 4.69) is 12.0 Å². The lowest BCUT2D eigenvalue weighted by Crippen LogP contribution is -1.95. The van der Waals surface area contributed by atoms with Crippen molar-refractivity contribution in [2.24, 2.45) is 0 Å². The molecule has 0 aliphatic carbocycles. The zero-order chi connectivity index (χ0) is 10.7. The summed E-state index contributed by atoms with van der Waals surface area (Å²) in [6, 6.07) is 1.80. The highest BCUT2D eigenvalue weighted by atomic mass is 16.1. The van der Waals surface area contributed by atoms with E-state index in [0.29, 0.717) is 5.56 Å². The Bertz CT molecular complexity index is 456. The highest BCUT2D eigenvalue weighted by Crippen LogP contribution is 2.04. The number of rotatable bonds is 4. The van der Waals surface area contributed by atoms with E-state index >= 15 is 0 Å². The van der Waals surface area contributed by atoms with Gasteiger partial charge in [-0.25, -0.2) is 0 Å². The lowest BCUT2D eigenvalue weighted by molar-refractivity contribution is 0.112. The molecule has 2 aromatic rings. The van der Waals surface area contributed by atoms with E-state index in [-0.39, 0.29) is 0 Å². The molecule has 15 heavy (non-hydrogen) atoms. The lowest BCUT2D eigenvalue weighted by atomic mass is 10.3. The van der Waals surface area contributed by atoms with Gasteiger partial charge in [0.2, 0.25) is 0 Å². The van der Waals surface area contributed by atoms with E-state index in [1.165, 1.54) is 0 Å². The smallest absolute Gasteiger partial charge is 0.151 e. The highest BCUT2D eigenvalue weighted by Gasteiger charge is 1.99. The monoisotopic (exact) mass is 203 g/mol. The van der Waals surface area contributed by atoms with Gasteiger partial charge in [-0.2, -0.15) is 5.10 Å². The molecule has 2 rings (SSSR count). The number of hydrogen-bond donors (Lipinski definition) is 0. The summed E-state index contributed by atoms with van der Waals surface area (Å²) >= 11 is 0. The van der Waals surface area contributed by atoms with Crippen LogP contribution in [0.1, 0.15) is 22.8 Å². The summed E-state index contributed by atoms with van der Waals surface area (Å²) in [6.45, 7) is 3.69. The Morgan fingerprint density at radius 2 is 2.33 bits per heavy atom. The molecule has 0 radical (unpaired) electrons. The van der Waals surface area contributed by atoms with Gasteiger partial charge in [0.1, 0.15) is 0 Å². The van der Waals surface area contributed by atoms with Crippen LogP contribution in [0.5, 0.6) is 0 Å². The van der Waals surface area contributed by atoms with Crippen LogP contribution in [0.15, 0.2) is 30.9 Å². The summed E-state index contributed by atoms with van der Waals surface area (Å²) in [6.07, 6.45) is 8.44. The van der Waals surface area contributed by atoms with Crippen molar-refractivity contribution in [1.29, 1.82) is 0 Å². The van der Waals surface area contributed by atoms with Gasteiger partial charge in [0, 0.05) is 36.3 Å². The van der Waals surface area contributed by atoms with Crippen LogP contribution in [0, 0.1) is 0 Å². The Kier molecular flexibility index (Phi) is 2.67. The van der Waals surface area contributed by atoms with E-state index in [9.17, 15) is 4.79 Å². The summed E-state index contributed by atoms with van der Waals surface area (Å²) in [7, 11) is 0. The number of hydrogen-bond acceptors (Lipinski definition) is 2. The van der Waals surface area contributed by atoms with Crippen molar-refractivity contribution < 1.29 is 4.79 Å². The number of carbonyl (C=O) groups excluding carboxylic acids is 1. The second kappa shape index (κ2) is 4.13. The third-order valence-corrected chi connectivity index (χ3v) is 2.29. The maximum atomic E-state index is 10.5. The molecule has 0 saturated carbocycles. The second-order valence-corrected chi connectivity index (χ2v) is 3.44. The molecule has 0 fully saturated rings. The molecule has 0 aliphatic rings. The average molecular weight is 203 g/mol. The summed E-state index contributed by atoms with van der Waals surface area (Å²) in [5.41, 5.74) is 1.85. The number of aldehydes is 1. The first-order chi connectivity index (χ1) is 7.31. The maximum absolute atomic E-state index is 10.5. The molecule has 78 valence electrons. The molecule has 4 heteroatoms. The Labute approximate surface area is 88.1 Å². The number of aryl methyl sites for hydroxylation is 1. The highest BCUT2D eigenvalue weighted by molar-refractivity contribution is 5.74. The number of nitrogens with zero attached hydrogens (tertiary/aromatic N) is 3. The van der Waals surface area contributed by atoms with Crippen LogP contribution in [0.4, 0.5) is 0 Å². The van der Waals surface area contributed by atoms with Crippen molar-refractivity contribution in [3.05, 3.63) is 42.0 Å². The quantitative estimate of drug-likeness (QED) is 0.707. The van der Waals surface area contributed by atoms with Gasteiger partial charge >= 0.3 is 0 Å². The second-order valence-electron chi connectivity index (χ2n) is 3.44. The molecule has 0 amide bonds. The third-order valence-electron chi connectivity index (χ3n) is 2.29. The molecule has 0 aromatic carbocycles. The van der Waals surface area contributed by atoms with Gasteiger partial charge in [0.05, 0.1) is 12.7 Å². The molecule has 0 aliphatic heterocycles. The minimum atomic E-state index is 0.706. The van der Waals surface area contributed by atoms with Crippen molar-refractivity contribution in [3.8, 4) is 0 Å². The van der Waals surface area contributed by atoms with Gasteiger partial charge < -0.3 is 4.57 Å². The maximum Gasteiger partial charge on any atom is 0.151 e. The van der Waals surface area contributed by atoms with Crippen LogP contribution in [-0.2, 0) is 13.1 Å². The Balaban J connectivity index is 2.10. The van der Waals surface area contributed by atoms with Crippen molar-refractivity contribution in [2.75, 3.05) is 0 Å². The van der Waals surface area contributed by atoms with Crippen molar-refractivity contribution in [2.45, 2.75) is 20.0 Å². The molecule has 0 saturated heterocycles. The first-order valence-electron chi connectivity index (χ1n) is 4.94. The van der Waals surface area contributed by atoms with Crippen LogP contribution in [-0.4, -0.2) is 20.6 Å². The molecular weight excluding hydrogens is 190 g/mol. The SMILES string of the molecule is CCn1cc(Cn2ccc(C=O)c2)cn1. The fourth-order valence-corrected chi connectivity index (χ4v) is 1.50. The fraction of sp³-hybridized carbons (Fsp3) is 0.273. The number of aromatic nitrogens is 3. The Morgan fingerprint density at radius 3 is 2.93 bits per heavy atom. The molecule has 0 unspecified atom stereocenters. The van der Waals surface area contributed by atoms with Crippen molar-refractivity contribution >= 4 is 6.29 Å². The molecule has 0 N–H and O–H groups in total. The van der Waals surface area contributed by atoms with Crippen LogP contribution in [0.2, 0.25) is 0 Å². The van der Waals surface area contributed by atoms with Crippen LogP contribution in [0.3, 0.4) is 0 Å². The van der Waals surface area contributed by atoms with E-state index < -0.39 is 0 Å². The van der Waals surface area contributed by atoms with Gasteiger partial charge in [-0.15, -0.1) is 0 Å². The van der Waals surface area contributed by atoms with E-state index in [1.807, 2.05) is 34.0 Å². The molecule has 0 bridgehead atoms. The first-order valence-corrected chi connectivity index (χ1v) is 4.94. The standard InChI is InChI=1S/C11H13N3O/c1-2-14-8-11(5-12-14)7-13-4-3-10(6-13)9-15/h3-6,8-9H,2,7H2,1H3. The Morgan fingerprint density at radius 1 is 1.47 bits per heavy atom.